The van der Waals surface area contributed by atoms with Crippen LogP contribution in [0.15, 0.2) is 24.3 Å². The van der Waals surface area contributed by atoms with Crippen molar-refractivity contribution in [2.24, 2.45) is 0 Å². The van der Waals surface area contributed by atoms with Crippen LogP contribution in [-0.2, 0) is 15.6 Å². The van der Waals surface area contributed by atoms with Gasteiger partial charge in [0.05, 0.1) is 18.6 Å². The van der Waals surface area contributed by atoms with Crippen molar-refractivity contribution in [2.75, 3.05) is 19.5 Å². The molecule has 1 N–H and O–H groups in total. The lowest BCUT2D eigenvalue weighted by Gasteiger charge is -2.05. The monoisotopic (exact) mass is 244 g/mol. The number of methoxy groups -OCH3 is 1. The van der Waals surface area contributed by atoms with Crippen LogP contribution in [0.3, 0.4) is 0 Å². The first kappa shape index (κ1) is 13.0. The minimum absolute atomic E-state index is 0.00972. The van der Waals surface area contributed by atoms with E-state index in [1.165, 1.54) is 0 Å². The molecule has 90 valence electrons. The Kier molecular flexibility index (Phi) is 4.76. The standard InChI is InChI=1S/C11H16O4S/c1-15-11-5-2-4-10(8-11)9-16(13,14)7-3-6-12/h2,4-5,8,12H,3,6-7,9H2,1H3. The lowest BCUT2D eigenvalue weighted by Crippen LogP contribution is -2.10. The summed E-state index contributed by atoms with van der Waals surface area (Å²) in [7, 11) is -1.60. The molecule has 0 bridgehead atoms. The molecule has 5 heteroatoms. The molecule has 0 spiro atoms. The maximum absolute atomic E-state index is 11.6. The Bertz CT molecular complexity index is 425. The van der Waals surface area contributed by atoms with E-state index in [9.17, 15) is 8.42 Å². The Labute approximate surface area is 95.8 Å². The first-order valence-electron chi connectivity index (χ1n) is 5.01. The van der Waals surface area contributed by atoms with E-state index in [2.05, 4.69) is 0 Å². The van der Waals surface area contributed by atoms with Gasteiger partial charge in [-0.2, -0.15) is 0 Å². The third kappa shape index (κ3) is 4.20. The normalized spacial score (nSPS) is 11.4. The van der Waals surface area contributed by atoms with Crippen LogP contribution >= 0.6 is 0 Å². The molecule has 0 aliphatic carbocycles. The van der Waals surface area contributed by atoms with E-state index in [0.717, 1.165) is 0 Å². The predicted octanol–water partition coefficient (Wildman–Crippen LogP) is 0.992. The van der Waals surface area contributed by atoms with Gasteiger partial charge in [0, 0.05) is 6.61 Å². The molecule has 4 nitrogen and oxygen atoms in total. The van der Waals surface area contributed by atoms with Crippen LogP contribution in [0, 0.1) is 0 Å². The van der Waals surface area contributed by atoms with Crippen LogP contribution in [0.1, 0.15) is 12.0 Å². The number of aliphatic hydroxyl groups excluding tert-OH is 1. The van der Waals surface area contributed by atoms with E-state index >= 15 is 0 Å². The molecule has 0 amide bonds. The Morgan fingerprint density at radius 2 is 2.12 bits per heavy atom. The van der Waals surface area contributed by atoms with Crippen LogP contribution in [0.4, 0.5) is 0 Å². The first-order chi connectivity index (χ1) is 7.57. The van der Waals surface area contributed by atoms with Gasteiger partial charge in [-0.05, 0) is 24.1 Å². The first-order valence-corrected chi connectivity index (χ1v) is 6.84. The summed E-state index contributed by atoms with van der Waals surface area (Å²) in [5.74, 6) is 0.653. The Morgan fingerprint density at radius 3 is 2.75 bits per heavy atom. The smallest absolute Gasteiger partial charge is 0.154 e. The van der Waals surface area contributed by atoms with Gasteiger partial charge in [-0.1, -0.05) is 12.1 Å². The van der Waals surface area contributed by atoms with Crippen molar-refractivity contribution < 1.29 is 18.3 Å². The maximum atomic E-state index is 11.6. The lowest BCUT2D eigenvalue weighted by atomic mass is 10.2. The van der Waals surface area contributed by atoms with Crippen LogP contribution in [-0.4, -0.2) is 33.0 Å². The molecule has 1 rings (SSSR count). The second kappa shape index (κ2) is 5.86. The van der Waals surface area contributed by atoms with Gasteiger partial charge in [-0.15, -0.1) is 0 Å². The zero-order valence-electron chi connectivity index (χ0n) is 9.22. The second-order valence-corrected chi connectivity index (χ2v) is 5.70. The average molecular weight is 244 g/mol. The van der Waals surface area contributed by atoms with Gasteiger partial charge >= 0.3 is 0 Å². The lowest BCUT2D eigenvalue weighted by molar-refractivity contribution is 0.295. The minimum atomic E-state index is -3.14. The van der Waals surface area contributed by atoms with E-state index in [4.69, 9.17) is 9.84 Å². The number of ether oxygens (including phenoxy) is 1. The SMILES string of the molecule is COc1cccc(CS(=O)(=O)CCCO)c1. The van der Waals surface area contributed by atoms with Gasteiger partial charge in [-0.3, -0.25) is 0 Å². The van der Waals surface area contributed by atoms with Gasteiger partial charge in [0.1, 0.15) is 5.75 Å². The van der Waals surface area contributed by atoms with Crippen LogP contribution in [0.2, 0.25) is 0 Å². The predicted molar refractivity (Wildman–Crippen MR) is 62.2 cm³/mol. The summed E-state index contributed by atoms with van der Waals surface area (Å²) in [6.45, 7) is -0.0999. The van der Waals surface area contributed by atoms with Crippen LogP contribution in [0.25, 0.3) is 0 Å². The largest absolute Gasteiger partial charge is 0.497 e. The van der Waals surface area contributed by atoms with Gasteiger partial charge < -0.3 is 9.84 Å². The number of benzene rings is 1. The number of hydrogen-bond donors (Lipinski definition) is 1. The van der Waals surface area contributed by atoms with E-state index in [1.807, 2.05) is 0 Å². The van der Waals surface area contributed by atoms with Crippen molar-refractivity contribution in [2.45, 2.75) is 12.2 Å². The van der Waals surface area contributed by atoms with E-state index in [1.54, 1.807) is 31.4 Å². The third-order valence-electron chi connectivity index (χ3n) is 2.13. The van der Waals surface area contributed by atoms with Gasteiger partial charge in [0.25, 0.3) is 0 Å². The third-order valence-corrected chi connectivity index (χ3v) is 3.82. The zero-order chi connectivity index (χ0) is 12.0. The number of hydrogen-bond acceptors (Lipinski definition) is 4. The van der Waals surface area contributed by atoms with Crippen molar-refractivity contribution >= 4 is 9.84 Å². The molecule has 0 saturated heterocycles. The molecule has 0 fully saturated rings. The quantitative estimate of drug-likeness (QED) is 0.810. The van der Waals surface area contributed by atoms with Gasteiger partial charge in [0.2, 0.25) is 0 Å². The molecule has 0 aromatic heterocycles. The highest BCUT2D eigenvalue weighted by molar-refractivity contribution is 7.90. The van der Waals surface area contributed by atoms with Crippen LogP contribution < -0.4 is 4.74 Å². The molecule has 16 heavy (non-hydrogen) atoms. The molecule has 1 aromatic rings. The highest BCUT2D eigenvalue weighted by atomic mass is 32.2. The molecule has 0 aliphatic rings. The van der Waals surface area contributed by atoms with E-state index in [-0.39, 0.29) is 24.5 Å². The highest BCUT2D eigenvalue weighted by Crippen LogP contribution is 2.15. The zero-order valence-corrected chi connectivity index (χ0v) is 10.0. The summed E-state index contributed by atoms with van der Waals surface area (Å²) in [6.07, 6.45) is 0.284. The number of aliphatic hydroxyl groups is 1. The summed E-state index contributed by atoms with van der Waals surface area (Å²) >= 11 is 0. The summed E-state index contributed by atoms with van der Waals surface area (Å²) in [5.41, 5.74) is 0.706. The fourth-order valence-electron chi connectivity index (χ4n) is 1.37. The molecular weight excluding hydrogens is 228 g/mol. The van der Waals surface area contributed by atoms with Crippen molar-refractivity contribution in [1.82, 2.24) is 0 Å². The topological polar surface area (TPSA) is 63.6 Å². The Hall–Kier alpha value is -1.07. The summed E-state index contributed by atoms with van der Waals surface area (Å²) in [5, 5.41) is 8.59. The molecule has 0 radical (unpaired) electrons. The van der Waals surface area contributed by atoms with Gasteiger partial charge in [0.15, 0.2) is 9.84 Å². The minimum Gasteiger partial charge on any atom is -0.497 e. The van der Waals surface area contributed by atoms with Crippen LogP contribution in [0.5, 0.6) is 5.75 Å². The van der Waals surface area contributed by atoms with Gasteiger partial charge in [-0.25, -0.2) is 8.42 Å². The Balaban J connectivity index is 2.72. The Morgan fingerprint density at radius 1 is 1.38 bits per heavy atom. The summed E-state index contributed by atoms with van der Waals surface area (Å²) < 4.78 is 28.2. The van der Waals surface area contributed by atoms with Crippen molar-refractivity contribution in [3.63, 3.8) is 0 Å². The highest BCUT2D eigenvalue weighted by Gasteiger charge is 2.11. The molecule has 0 heterocycles. The molecule has 0 aliphatic heterocycles. The van der Waals surface area contributed by atoms with E-state index < -0.39 is 9.84 Å². The maximum Gasteiger partial charge on any atom is 0.154 e. The summed E-state index contributed by atoms with van der Waals surface area (Å²) in [6, 6.07) is 6.98. The fraction of sp³-hybridized carbons (Fsp3) is 0.455. The number of sulfone groups is 1. The van der Waals surface area contributed by atoms with Crippen molar-refractivity contribution in [3.8, 4) is 5.75 Å². The molecule has 1 aromatic carbocycles. The molecule has 0 atom stereocenters. The molecule has 0 unspecified atom stereocenters. The van der Waals surface area contributed by atoms with E-state index in [0.29, 0.717) is 11.3 Å². The number of rotatable bonds is 6. The second-order valence-electron chi connectivity index (χ2n) is 3.52. The summed E-state index contributed by atoms with van der Waals surface area (Å²) in [4.78, 5) is 0. The average Bonchev–Trinajstić information content (AvgIpc) is 2.26. The molecule has 0 saturated carbocycles. The fourth-order valence-corrected chi connectivity index (χ4v) is 2.77. The molecular formula is C11H16O4S. The van der Waals surface area contributed by atoms with Crippen molar-refractivity contribution in [1.29, 1.82) is 0 Å². The van der Waals surface area contributed by atoms with Crippen molar-refractivity contribution in [3.05, 3.63) is 29.8 Å².